The number of carbonyl (C=O) groups excluding carboxylic acids is 2. The highest BCUT2D eigenvalue weighted by molar-refractivity contribution is 7.98. The minimum atomic E-state index is -0.504. The first kappa shape index (κ1) is 24.6. The number of rotatable bonds is 10. The van der Waals surface area contributed by atoms with E-state index in [0.717, 1.165) is 35.8 Å². The van der Waals surface area contributed by atoms with Crippen LogP contribution < -0.4 is 10.1 Å². The molecule has 0 unspecified atom stereocenters. The van der Waals surface area contributed by atoms with Crippen molar-refractivity contribution in [1.82, 2.24) is 25.3 Å². The molecule has 1 fully saturated rings. The fourth-order valence-corrected chi connectivity index (χ4v) is 4.87. The smallest absolute Gasteiger partial charge is 0.245 e. The van der Waals surface area contributed by atoms with Gasteiger partial charge in [0.25, 0.3) is 0 Å². The molecule has 34 heavy (non-hydrogen) atoms. The van der Waals surface area contributed by atoms with Crippen molar-refractivity contribution in [1.29, 1.82) is 0 Å². The average molecular weight is 486 g/mol. The van der Waals surface area contributed by atoms with Crippen LogP contribution in [0.15, 0.2) is 24.3 Å². The van der Waals surface area contributed by atoms with Crippen LogP contribution in [0.4, 0.5) is 0 Å². The average Bonchev–Trinajstić information content (AvgIpc) is 3.58. The summed E-state index contributed by atoms with van der Waals surface area (Å²) in [5.74, 6) is 2.06. The number of ether oxygens (including phenoxy) is 1. The van der Waals surface area contributed by atoms with Crippen LogP contribution in [0.2, 0.25) is 0 Å². The lowest BCUT2D eigenvalue weighted by Gasteiger charge is -2.26. The van der Waals surface area contributed by atoms with Gasteiger partial charge in [0, 0.05) is 43.7 Å². The molecule has 2 aliphatic rings. The minimum absolute atomic E-state index is 0.0473. The summed E-state index contributed by atoms with van der Waals surface area (Å²) in [6.07, 6.45) is 5.12. The Kier molecular flexibility index (Phi) is 8.15. The first-order valence-corrected chi connectivity index (χ1v) is 13.3. The van der Waals surface area contributed by atoms with Crippen LogP contribution >= 0.6 is 11.8 Å². The van der Waals surface area contributed by atoms with Gasteiger partial charge in [-0.3, -0.25) is 19.6 Å². The van der Waals surface area contributed by atoms with Crippen molar-refractivity contribution >= 4 is 23.6 Å². The van der Waals surface area contributed by atoms with E-state index in [4.69, 9.17) is 4.74 Å². The molecule has 8 nitrogen and oxygen atoms in total. The van der Waals surface area contributed by atoms with Crippen molar-refractivity contribution in [2.75, 3.05) is 32.2 Å². The summed E-state index contributed by atoms with van der Waals surface area (Å²) in [6.45, 7) is 4.45. The Morgan fingerprint density at radius 1 is 1.32 bits per heavy atom. The molecule has 0 radical (unpaired) electrons. The Morgan fingerprint density at radius 3 is 2.88 bits per heavy atom. The first-order chi connectivity index (χ1) is 16.4. The Bertz CT molecular complexity index is 1010. The summed E-state index contributed by atoms with van der Waals surface area (Å²) in [6, 6.07) is 7.91. The number of benzene rings is 1. The predicted molar refractivity (Wildman–Crippen MR) is 134 cm³/mol. The number of H-pyrrole nitrogens is 1. The molecule has 1 atom stereocenters. The van der Waals surface area contributed by atoms with E-state index in [0.29, 0.717) is 32.0 Å². The van der Waals surface area contributed by atoms with Gasteiger partial charge in [-0.25, -0.2) is 0 Å². The molecule has 1 aromatic heterocycles. The SMILES string of the molecule is CSCC[C@H](NC(C)=O)C(=O)N1CCOc2ccc(CN(C)Cc3cc(C4CC4)n[nH]3)cc2C1. The summed E-state index contributed by atoms with van der Waals surface area (Å²) in [5.41, 5.74) is 4.49. The molecule has 1 aromatic carbocycles. The quantitative estimate of drug-likeness (QED) is 0.538. The van der Waals surface area contributed by atoms with Crippen LogP contribution in [0.25, 0.3) is 0 Å². The Hall–Kier alpha value is -2.52. The molecule has 0 spiro atoms. The van der Waals surface area contributed by atoms with Crippen molar-refractivity contribution in [3.05, 3.63) is 46.8 Å². The van der Waals surface area contributed by atoms with Gasteiger partial charge in [-0.15, -0.1) is 0 Å². The van der Waals surface area contributed by atoms with Gasteiger partial charge in [0.2, 0.25) is 11.8 Å². The van der Waals surface area contributed by atoms with E-state index in [1.165, 1.54) is 31.0 Å². The van der Waals surface area contributed by atoms with E-state index >= 15 is 0 Å². The second-order valence-corrected chi connectivity index (χ2v) is 10.3. The maximum Gasteiger partial charge on any atom is 0.245 e. The van der Waals surface area contributed by atoms with Crippen molar-refractivity contribution in [2.45, 2.75) is 57.8 Å². The van der Waals surface area contributed by atoms with Crippen LogP contribution in [0.1, 0.15) is 54.6 Å². The number of nitrogens with one attached hydrogen (secondary N) is 2. The molecular formula is C25H35N5O3S. The van der Waals surface area contributed by atoms with Crippen LogP contribution in [0.3, 0.4) is 0 Å². The topological polar surface area (TPSA) is 90.6 Å². The standard InChI is InChI=1S/C25H35N5O3S/c1-17(31)26-22(8-11-34-3)25(32)30-9-10-33-24-7-4-18(12-20(24)15-30)14-29(2)16-21-13-23(28-27-21)19-5-6-19/h4,7,12-13,19,22H,5-6,8-11,14-16H2,1-3H3,(H,26,31)(H,27,28)/t22-/m0/s1. The van der Waals surface area contributed by atoms with Gasteiger partial charge in [0.15, 0.2) is 0 Å². The van der Waals surface area contributed by atoms with Gasteiger partial charge in [-0.1, -0.05) is 6.07 Å². The fourth-order valence-electron chi connectivity index (χ4n) is 4.40. The van der Waals surface area contributed by atoms with Crippen molar-refractivity contribution in [3.63, 3.8) is 0 Å². The monoisotopic (exact) mass is 485 g/mol. The second-order valence-electron chi connectivity index (χ2n) is 9.35. The zero-order valence-electron chi connectivity index (χ0n) is 20.3. The van der Waals surface area contributed by atoms with Gasteiger partial charge in [0.1, 0.15) is 18.4 Å². The Labute approximate surface area is 205 Å². The number of hydrogen-bond donors (Lipinski definition) is 2. The third kappa shape index (κ3) is 6.54. The first-order valence-electron chi connectivity index (χ1n) is 11.9. The van der Waals surface area contributed by atoms with Crippen LogP contribution in [-0.2, 0) is 29.2 Å². The lowest BCUT2D eigenvalue weighted by molar-refractivity contribution is -0.136. The number of carbonyl (C=O) groups is 2. The molecule has 9 heteroatoms. The third-order valence-electron chi connectivity index (χ3n) is 6.24. The number of nitrogens with zero attached hydrogens (tertiary/aromatic N) is 3. The van der Waals surface area contributed by atoms with Gasteiger partial charge in [-0.2, -0.15) is 16.9 Å². The van der Waals surface area contributed by atoms with E-state index < -0.39 is 6.04 Å². The number of thioether (sulfide) groups is 1. The number of aromatic nitrogens is 2. The largest absolute Gasteiger partial charge is 0.491 e. The number of aromatic amines is 1. The summed E-state index contributed by atoms with van der Waals surface area (Å²) in [5, 5.41) is 10.5. The molecule has 0 bridgehead atoms. The summed E-state index contributed by atoms with van der Waals surface area (Å²) >= 11 is 1.67. The summed E-state index contributed by atoms with van der Waals surface area (Å²) < 4.78 is 5.95. The van der Waals surface area contributed by atoms with Crippen molar-refractivity contribution < 1.29 is 14.3 Å². The van der Waals surface area contributed by atoms with E-state index in [-0.39, 0.29) is 11.8 Å². The van der Waals surface area contributed by atoms with E-state index in [2.05, 4.69) is 45.7 Å². The maximum absolute atomic E-state index is 13.3. The predicted octanol–water partition coefficient (Wildman–Crippen LogP) is 2.90. The molecule has 2 aromatic rings. The minimum Gasteiger partial charge on any atom is -0.491 e. The Morgan fingerprint density at radius 2 is 2.15 bits per heavy atom. The molecule has 1 aliphatic carbocycles. The van der Waals surface area contributed by atoms with Crippen LogP contribution in [0.5, 0.6) is 5.75 Å². The molecule has 1 aliphatic heterocycles. The third-order valence-corrected chi connectivity index (χ3v) is 6.89. The van der Waals surface area contributed by atoms with E-state index in [1.807, 2.05) is 17.2 Å². The number of amides is 2. The zero-order chi connectivity index (χ0) is 24.1. The summed E-state index contributed by atoms with van der Waals surface area (Å²) in [7, 11) is 2.10. The molecule has 2 amide bonds. The fraction of sp³-hybridized carbons (Fsp3) is 0.560. The van der Waals surface area contributed by atoms with E-state index in [1.54, 1.807) is 11.8 Å². The van der Waals surface area contributed by atoms with Crippen molar-refractivity contribution in [2.24, 2.45) is 0 Å². The van der Waals surface area contributed by atoms with Crippen LogP contribution in [-0.4, -0.2) is 70.1 Å². The molecular weight excluding hydrogens is 450 g/mol. The molecule has 2 N–H and O–H groups in total. The Balaban J connectivity index is 1.40. The highest BCUT2D eigenvalue weighted by Gasteiger charge is 2.28. The normalized spacial score (nSPS) is 16.5. The lowest BCUT2D eigenvalue weighted by atomic mass is 10.1. The molecule has 1 saturated carbocycles. The molecule has 0 saturated heterocycles. The van der Waals surface area contributed by atoms with Crippen molar-refractivity contribution in [3.8, 4) is 5.75 Å². The highest BCUT2D eigenvalue weighted by Crippen LogP contribution is 2.39. The maximum atomic E-state index is 13.3. The summed E-state index contributed by atoms with van der Waals surface area (Å²) in [4.78, 5) is 29.0. The highest BCUT2D eigenvalue weighted by atomic mass is 32.2. The molecule has 2 heterocycles. The van der Waals surface area contributed by atoms with Gasteiger partial charge in [0.05, 0.1) is 12.2 Å². The second kappa shape index (κ2) is 11.3. The molecule has 184 valence electrons. The number of fused-ring (bicyclic) bond motifs is 1. The van der Waals surface area contributed by atoms with Crippen LogP contribution in [0, 0.1) is 0 Å². The lowest BCUT2D eigenvalue weighted by Crippen LogP contribution is -2.48. The van der Waals surface area contributed by atoms with E-state index in [9.17, 15) is 9.59 Å². The van der Waals surface area contributed by atoms with Gasteiger partial charge < -0.3 is 15.0 Å². The van der Waals surface area contributed by atoms with Gasteiger partial charge >= 0.3 is 0 Å². The molecule has 4 rings (SSSR count). The van der Waals surface area contributed by atoms with Gasteiger partial charge in [-0.05, 0) is 62.1 Å². The number of hydrogen-bond acceptors (Lipinski definition) is 6. The zero-order valence-corrected chi connectivity index (χ0v) is 21.1.